The van der Waals surface area contributed by atoms with E-state index in [0.717, 1.165) is 37.2 Å². The number of nitrogens with zero attached hydrogens (tertiary/aromatic N) is 3. The van der Waals surface area contributed by atoms with E-state index < -0.39 is 0 Å². The number of carbonyl (C=O) groups excluding carboxylic acids is 2. The van der Waals surface area contributed by atoms with E-state index in [1.165, 1.54) is 0 Å². The predicted octanol–water partition coefficient (Wildman–Crippen LogP) is 3.62. The quantitative estimate of drug-likeness (QED) is 0.883. The number of amides is 4. The monoisotopic (exact) mass is 378 g/mol. The Morgan fingerprint density at radius 3 is 2.21 bits per heavy atom. The molecule has 0 aliphatic carbocycles. The van der Waals surface area contributed by atoms with Crippen molar-refractivity contribution in [2.75, 3.05) is 31.5 Å². The Hall–Kier alpha value is -3.02. The molecular formula is C22H26N4O2. The van der Waals surface area contributed by atoms with Crippen molar-refractivity contribution in [2.24, 2.45) is 0 Å². The van der Waals surface area contributed by atoms with E-state index in [2.05, 4.69) is 17.4 Å². The minimum atomic E-state index is -0.0666. The van der Waals surface area contributed by atoms with Gasteiger partial charge in [-0.1, -0.05) is 48.5 Å². The van der Waals surface area contributed by atoms with Gasteiger partial charge < -0.3 is 20.0 Å². The first-order valence-corrected chi connectivity index (χ1v) is 9.91. The SMILES string of the molecule is O=C(Nc1ccccc1)N1CCC(N2CCN(Cc3ccccc3)C2=O)CC1. The average molecular weight is 378 g/mol. The first kappa shape index (κ1) is 18.3. The third-order valence-electron chi connectivity index (χ3n) is 5.56. The van der Waals surface area contributed by atoms with Crippen LogP contribution in [0.3, 0.4) is 0 Å². The number of anilines is 1. The summed E-state index contributed by atoms with van der Waals surface area (Å²) in [5, 5.41) is 2.94. The lowest BCUT2D eigenvalue weighted by Crippen LogP contribution is -2.49. The predicted molar refractivity (Wildman–Crippen MR) is 109 cm³/mol. The molecule has 0 bridgehead atoms. The van der Waals surface area contributed by atoms with E-state index >= 15 is 0 Å². The molecule has 0 atom stereocenters. The molecule has 146 valence electrons. The van der Waals surface area contributed by atoms with Crippen LogP contribution in [0.4, 0.5) is 15.3 Å². The topological polar surface area (TPSA) is 55.9 Å². The summed E-state index contributed by atoms with van der Waals surface area (Å²) < 4.78 is 0. The molecule has 2 aliphatic heterocycles. The molecule has 2 heterocycles. The van der Waals surface area contributed by atoms with E-state index in [-0.39, 0.29) is 18.1 Å². The van der Waals surface area contributed by atoms with Gasteiger partial charge in [0, 0.05) is 44.5 Å². The van der Waals surface area contributed by atoms with Crippen molar-refractivity contribution in [1.82, 2.24) is 14.7 Å². The highest BCUT2D eigenvalue weighted by molar-refractivity contribution is 5.89. The summed E-state index contributed by atoms with van der Waals surface area (Å²) in [6.45, 7) is 3.54. The zero-order valence-corrected chi connectivity index (χ0v) is 16.0. The second kappa shape index (κ2) is 8.33. The Morgan fingerprint density at radius 2 is 1.54 bits per heavy atom. The molecule has 0 saturated carbocycles. The molecule has 2 saturated heterocycles. The van der Waals surface area contributed by atoms with Crippen LogP contribution in [-0.2, 0) is 6.54 Å². The number of urea groups is 2. The number of hydrogen-bond donors (Lipinski definition) is 1. The number of hydrogen-bond acceptors (Lipinski definition) is 2. The van der Waals surface area contributed by atoms with E-state index in [1.54, 1.807) is 0 Å². The Bertz CT molecular complexity index is 804. The lowest BCUT2D eigenvalue weighted by molar-refractivity contribution is 0.139. The lowest BCUT2D eigenvalue weighted by Gasteiger charge is -2.36. The molecule has 2 aliphatic rings. The van der Waals surface area contributed by atoms with Crippen molar-refractivity contribution < 1.29 is 9.59 Å². The molecule has 0 spiro atoms. The van der Waals surface area contributed by atoms with E-state index in [0.29, 0.717) is 19.6 Å². The van der Waals surface area contributed by atoms with Gasteiger partial charge in [0.2, 0.25) is 0 Å². The Labute approximate surface area is 165 Å². The van der Waals surface area contributed by atoms with Crippen LogP contribution >= 0.6 is 0 Å². The summed E-state index contributed by atoms with van der Waals surface area (Å²) in [7, 11) is 0. The Morgan fingerprint density at radius 1 is 0.893 bits per heavy atom. The largest absolute Gasteiger partial charge is 0.324 e. The van der Waals surface area contributed by atoms with Crippen molar-refractivity contribution >= 4 is 17.7 Å². The first-order chi connectivity index (χ1) is 13.7. The van der Waals surface area contributed by atoms with Gasteiger partial charge >= 0.3 is 12.1 Å². The smallest absolute Gasteiger partial charge is 0.321 e. The first-order valence-electron chi connectivity index (χ1n) is 9.91. The third-order valence-corrected chi connectivity index (χ3v) is 5.56. The number of nitrogens with one attached hydrogen (secondary N) is 1. The van der Waals surface area contributed by atoms with Crippen LogP contribution in [0.2, 0.25) is 0 Å². The van der Waals surface area contributed by atoms with E-state index in [9.17, 15) is 9.59 Å². The fraction of sp³-hybridized carbons (Fsp3) is 0.364. The summed E-state index contributed by atoms with van der Waals surface area (Å²) in [4.78, 5) is 31.0. The molecule has 0 unspecified atom stereocenters. The highest BCUT2D eigenvalue weighted by Gasteiger charge is 2.35. The molecule has 4 rings (SSSR count). The summed E-state index contributed by atoms with van der Waals surface area (Å²) in [6.07, 6.45) is 1.65. The van der Waals surface area contributed by atoms with Gasteiger partial charge in [-0.15, -0.1) is 0 Å². The molecule has 6 heteroatoms. The summed E-state index contributed by atoms with van der Waals surface area (Å²) in [5.41, 5.74) is 1.96. The minimum absolute atomic E-state index is 0.0666. The normalized spacial score (nSPS) is 17.9. The van der Waals surface area contributed by atoms with Crippen LogP contribution in [0, 0.1) is 0 Å². The van der Waals surface area contributed by atoms with Crippen molar-refractivity contribution in [3.05, 3.63) is 66.2 Å². The Balaban J connectivity index is 1.28. The summed E-state index contributed by atoms with van der Waals surface area (Å²) >= 11 is 0. The standard InChI is InChI=1S/C22H26N4O2/c27-21(23-19-9-5-2-6-10-19)24-13-11-20(12-14-24)26-16-15-25(22(26)28)17-18-7-3-1-4-8-18/h1-10,20H,11-17H2,(H,23,27). The molecule has 2 aromatic rings. The highest BCUT2D eigenvalue weighted by atomic mass is 16.2. The fourth-order valence-electron chi connectivity index (χ4n) is 4.00. The molecular weight excluding hydrogens is 352 g/mol. The Kier molecular flexibility index (Phi) is 5.46. The second-order valence-corrected chi connectivity index (χ2v) is 7.40. The fourth-order valence-corrected chi connectivity index (χ4v) is 4.00. The molecule has 28 heavy (non-hydrogen) atoms. The van der Waals surface area contributed by atoms with Crippen molar-refractivity contribution in [3.8, 4) is 0 Å². The molecule has 4 amide bonds. The van der Waals surface area contributed by atoms with Gasteiger partial charge in [-0.25, -0.2) is 9.59 Å². The van der Waals surface area contributed by atoms with E-state index in [4.69, 9.17) is 0 Å². The van der Waals surface area contributed by atoms with Crippen LogP contribution in [0.5, 0.6) is 0 Å². The molecule has 2 fully saturated rings. The maximum absolute atomic E-state index is 12.8. The summed E-state index contributed by atoms with van der Waals surface area (Å²) in [5.74, 6) is 0. The number of piperidine rings is 1. The maximum Gasteiger partial charge on any atom is 0.321 e. The van der Waals surface area contributed by atoms with Crippen LogP contribution in [0.1, 0.15) is 18.4 Å². The highest BCUT2D eigenvalue weighted by Crippen LogP contribution is 2.23. The zero-order chi connectivity index (χ0) is 19.3. The van der Waals surface area contributed by atoms with Gasteiger partial charge in [0.15, 0.2) is 0 Å². The van der Waals surface area contributed by atoms with Crippen LogP contribution in [-0.4, -0.2) is 59.0 Å². The van der Waals surface area contributed by atoms with Gasteiger partial charge in [-0.3, -0.25) is 0 Å². The van der Waals surface area contributed by atoms with Gasteiger partial charge in [0.05, 0.1) is 0 Å². The summed E-state index contributed by atoms with van der Waals surface area (Å²) in [6, 6.07) is 19.9. The zero-order valence-electron chi connectivity index (χ0n) is 16.0. The molecule has 6 nitrogen and oxygen atoms in total. The number of carbonyl (C=O) groups is 2. The van der Waals surface area contributed by atoms with Gasteiger partial charge in [-0.05, 0) is 30.5 Å². The molecule has 2 aromatic carbocycles. The lowest BCUT2D eigenvalue weighted by atomic mass is 10.0. The van der Waals surface area contributed by atoms with Gasteiger partial charge in [0.25, 0.3) is 0 Å². The number of likely N-dealkylation sites (tertiary alicyclic amines) is 1. The number of benzene rings is 2. The number of rotatable bonds is 4. The van der Waals surface area contributed by atoms with Gasteiger partial charge in [-0.2, -0.15) is 0 Å². The van der Waals surface area contributed by atoms with Gasteiger partial charge in [0.1, 0.15) is 0 Å². The third kappa shape index (κ3) is 4.11. The van der Waals surface area contributed by atoms with E-state index in [1.807, 2.05) is 63.2 Å². The molecule has 0 aromatic heterocycles. The maximum atomic E-state index is 12.8. The van der Waals surface area contributed by atoms with Crippen LogP contribution < -0.4 is 5.32 Å². The molecule has 0 radical (unpaired) electrons. The number of para-hydroxylation sites is 1. The average Bonchev–Trinajstić information content (AvgIpc) is 3.10. The molecule has 1 N–H and O–H groups in total. The van der Waals surface area contributed by atoms with Crippen molar-refractivity contribution in [3.63, 3.8) is 0 Å². The van der Waals surface area contributed by atoms with Crippen molar-refractivity contribution in [2.45, 2.75) is 25.4 Å². The van der Waals surface area contributed by atoms with Crippen LogP contribution in [0.15, 0.2) is 60.7 Å². The van der Waals surface area contributed by atoms with Crippen molar-refractivity contribution in [1.29, 1.82) is 0 Å². The second-order valence-electron chi connectivity index (χ2n) is 7.40. The minimum Gasteiger partial charge on any atom is -0.324 e. The van der Waals surface area contributed by atoms with Crippen LogP contribution in [0.25, 0.3) is 0 Å².